The van der Waals surface area contributed by atoms with Gasteiger partial charge < -0.3 is 5.32 Å². The monoisotopic (exact) mass is 460 g/mol. The van der Waals surface area contributed by atoms with Gasteiger partial charge in [0.05, 0.1) is 10.6 Å². The van der Waals surface area contributed by atoms with Crippen molar-refractivity contribution < 1.29 is 13.2 Å². The van der Waals surface area contributed by atoms with E-state index in [1.54, 1.807) is 49.4 Å². The van der Waals surface area contributed by atoms with Crippen molar-refractivity contribution in [3.8, 4) is 0 Å². The molecule has 5 nitrogen and oxygen atoms in total. The molecular formula is C24H29ClN2O3S. The lowest BCUT2D eigenvalue weighted by molar-refractivity contribution is -0.119. The van der Waals surface area contributed by atoms with Gasteiger partial charge in [0.25, 0.3) is 10.0 Å². The number of rotatable bonds is 8. The first-order valence-corrected chi connectivity index (χ1v) is 12.4. The minimum atomic E-state index is -3.95. The zero-order valence-corrected chi connectivity index (χ0v) is 19.6. The second kappa shape index (κ2) is 10.3. The summed E-state index contributed by atoms with van der Waals surface area (Å²) < 4.78 is 28.1. The molecule has 0 saturated heterocycles. The molecule has 0 spiro atoms. The van der Waals surface area contributed by atoms with E-state index in [0.717, 1.165) is 34.7 Å². The Labute approximate surface area is 190 Å². The molecule has 0 unspecified atom stereocenters. The van der Waals surface area contributed by atoms with Gasteiger partial charge >= 0.3 is 0 Å². The number of carbonyl (C=O) groups is 1. The summed E-state index contributed by atoms with van der Waals surface area (Å²) >= 11 is 6.16. The zero-order valence-electron chi connectivity index (χ0n) is 18.0. The maximum Gasteiger partial charge on any atom is 0.264 e. The molecule has 3 rings (SSSR count). The van der Waals surface area contributed by atoms with E-state index in [2.05, 4.69) is 11.4 Å². The number of benzene rings is 2. The van der Waals surface area contributed by atoms with Crippen molar-refractivity contribution in [3.63, 3.8) is 0 Å². The van der Waals surface area contributed by atoms with Gasteiger partial charge in [0.2, 0.25) is 5.91 Å². The van der Waals surface area contributed by atoms with Gasteiger partial charge in [0.1, 0.15) is 6.54 Å². The number of halogens is 1. The smallest absolute Gasteiger partial charge is 0.264 e. The Morgan fingerprint density at radius 1 is 1.10 bits per heavy atom. The third-order valence-corrected chi connectivity index (χ3v) is 7.50. The van der Waals surface area contributed by atoms with Crippen LogP contribution in [0.2, 0.25) is 5.02 Å². The topological polar surface area (TPSA) is 66.5 Å². The van der Waals surface area contributed by atoms with Crippen LogP contribution in [0.5, 0.6) is 0 Å². The highest BCUT2D eigenvalue weighted by molar-refractivity contribution is 7.92. The van der Waals surface area contributed by atoms with Crippen LogP contribution >= 0.6 is 11.6 Å². The lowest BCUT2D eigenvalue weighted by Crippen LogP contribution is -2.41. The second-order valence-corrected chi connectivity index (χ2v) is 10.3. The number of anilines is 1. The number of hydrogen-bond donors (Lipinski definition) is 1. The van der Waals surface area contributed by atoms with Crippen LogP contribution < -0.4 is 9.62 Å². The third-order valence-electron chi connectivity index (χ3n) is 5.49. The van der Waals surface area contributed by atoms with Crippen molar-refractivity contribution in [2.24, 2.45) is 0 Å². The van der Waals surface area contributed by atoms with Crippen molar-refractivity contribution in [2.75, 3.05) is 17.4 Å². The van der Waals surface area contributed by atoms with Gasteiger partial charge in [-0.15, -0.1) is 0 Å². The van der Waals surface area contributed by atoms with Crippen molar-refractivity contribution in [1.29, 1.82) is 0 Å². The van der Waals surface area contributed by atoms with E-state index >= 15 is 0 Å². The molecule has 166 valence electrons. The largest absolute Gasteiger partial charge is 0.354 e. The Morgan fingerprint density at radius 2 is 1.84 bits per heavy atom. The average Bonchev–Trinajstić information content (AvgIpc) is 2.75. The van der Waals surface area contributed by atoms with Gasteiger partial charge in [-0.3, -0.25) is 9.10 Å². The number of sulfonamides is 1. The number of aryl methyl sites for hydroxylation is 2. The normalized spacial score (nSPS) is 14.1. The van der Waals surface area contributed by atoms with Crippen molar-refractivity contribution in [1.82, 2.24) is 5.32 Å². The van der Waals surface area contributed by atoms with Crippen molar-refractivity contribution in [3.05, 3.63) is 70.3 Å². The van der Waals surface area contributed by atoms with E-state index in [1.165, 1.54) is 18.4 Å². The molecule has 2 aromatic rings. The number of carbonyl (C=O) groups excluding carboxylic acids is 1. The van der Waals surface area contributed by atoms with E-state index in [9.17, 15) is 13.2 Å². The Balaban J connectivity index is 1.82. The van der Waals surface area contributed by atoms with Crippen LogP contribution in [0.1, 0.15) is 43.2 Å². The molecule has 0 heterocycles. The number of amides is 1. The predicted molar refractivity (Wildman–Crippen MR) is 126 cm³/mol. The molecule has 0 aromatic heterocycles. The molecule has 1 amide bonds. The first kappa shape index (κ1) is 23.4. The highest BCUT2D eigenvalue weighted by Gasteiger charge is 2.28. The standard InChI is InChI=1S/C24H29ClN2O3S/c1-18-8-12-22(13-9-18)31(29,30)27(23-16-21(25)11-10-19(23)2)17-24(28)26-15-14-20-6-4-3-5-7-20/h6,8-13,16H,3-5,7,14-15,17H2,1-2H3,(H,26,28). The number of allylic oxidation sites excluding steroid dienone is 1. The molecule has 0 bridgehead atoms. The fourth-order valence-electron chi connectivity index (χ4n) is 3.67. The zero-order chi connectivity index (χ0) is 22.4. The molecule has 1 aliphatic rings. The molecule has 0 atom stereocenters. The Kier molecular flexibility index (Phi) is 7.79. The lowest BCUT2D eigenvalue weighted by Gasteiger charge is -2.26. The second-order valence-electron chi connectivity index (χ2n) is 7.96. The third kappa shape index (κ3) is 6.11. The van der Waals surface area contributed by atoms with Crippen LogP contribution in [0.25, 0.3) is 0 Å². The molecule has 0 saturated carbocycles. The van der Waals surface area contributed by atoms with Gasteiger partial charge in [-0.25, -0.2) is 8.42 Å². The van der Waals surface area contributed by atoms with Crippen LogP contribution in [0, 0.1) is 13.8 Å². The summed E-state index contributed by atoms with van der Waals surface area (Å²) in [6.45, 7) is 3.88. The molecule has 1 aliphatic carbocycles. The fourth-order valence-corrected chi connectivity index (χ4v) is 5.31. The molecule has 31 heavy (non-hydrogen) atoms. The summed E-state index contributed by atoms with van der Waals surface area (Å²) in [7, 11) is -3.95. The summed E-state index contributed by atoms with van der Waals surface area (Å²) in [6, 6.07) is 11.7. The van der Waals surface area contributed by atoms with Crippen molar-refractivity contribution in [2.45, 2.75) is 50.8 Å². The molecule has 7 heteroatoms. The first-order valence-electron chi connectivity index (χ1n) is 10.6. The lowest BCUT2D eigenvalue weighted by atomic mass is 9.97. The summed E-state index contributed by atoms with van der Waals surface area (Å²) in [5, 5.41) is 3.29. The number of nitrogens with one attached hydrogen (secondary N) is 1. The van der Waals surface area contributed by atoms with Crippen LogP contribution in [0.3, 0.4) is 0 Å². The Bertz CT molecular complexity index is 1060. The SMILES string of the molecule is Cc1ccc(S(=O)(=O)N(CC(=O)NCCC2=CCCCC2)c2cc(Cl)ccc2C)cc1. The summed E-state index contributed by atoms with van der Waals surface area (Å²) in [5.74, 6) is -0.341. The molecule has 2 aromatic carbocycles. The molecule has 0 aliphatic heterocycles. The first-order chi connectivity index (χ1) is 14.8. The van der Waals surface area contributed by atoms with Gasteiger partial charge in [0, 0.05) is 11.6 Å². The summed E-state index contributed by atoms with van der Waals surface area (Å²) in [5.41, 5.74) is 3.44. The molecule has 0 fully saturated rings. The van der Waals surface area contributed by atoms with Gasteiger partial charge in [-0.2, -0.15) is 0 Å². The van der Waals surface area contributed by atoms with Crippen molar-refractivity contribution >= 4 is 33.2 Å². The number of hydrogen-bond acceptors (Lipinski definition) is 3. The average molecular weight is 461 g/mol. The molecule has 1 N–H and O–H groups in total. The highest BCUT2D eigenvalue weighted by Crippen LogP contribution is 2.29. The predicted octanol–water partition coefficient (Wildman–Crippen LogP) is 5.16. The van der Waals surface area contributed by atoms with Gasteiger partial charge in [-0.1, -0.05) is 47.0 Å². The molecular weight excluding hydrogens is 432 g/mol. The van der Waals surface area contributed by atoms with Crippen LogP contribution in [0.15, 0.2) is 59.0 Å². The van der Waals surface area contributed by atoms with Crippen LogP contribution in [-0.2, 0) is 14.8 Å². The minimum Gasteiger partial charge on any atom is -0.354 e. The van der Waals surface area contributed by atoms with Gasteiger partial charge in [0.15, 0.2) is 0 Å². The highest BCUT2D eigenvalue weighted by atomic mass is 35.5. The van der Waals surface area contributed by atoms with E-state index in [0.29, 0.717) is 17.3 Å². The minimum absolute atomic E-state index is 0.137. The van der Waals surface area contributed by atoms with E-state index in [-0.39, 0.29) is 17.3 Å². The summed E-state index contributed by atoms with van der Waals surface area (Å²) in [4.78, 5) is 12.9. The fraction of sp³-hybridized carbons (Fsp3) is 0.375. The maximum absolute atomic E-state index is 13.5. The quantitative estimate of drug-likeness (QED) is 0.553. The van der Waals surface area contributed by atoms with E-state index < -0.39 is 10.0 Å². The Morgan fingerprint density at radius 3 is 2.52 bits per heavy atom. The summed E-state index contributed by atoms with van der Waals surface area (Å²) in [6.07, 6.45) is 7.63. The Hall–Kier alpha value is -2.31. The van der Waals surface area contributed by atoms with Crippen LogP contribution in [-0.4, -0.2) is 27.4 Å². The van der Waals surface area contributed by atoms with E-state index in [4.69, 9.17) is 11.6 Å². The van der Waals surface area contributed by atoms with Gasteiger partial charge in [-0.05, 0) is 75.8 Å². The van der Waals surface area contributed by atoms with E-state index in [1.807, 2.05) is 6.92 Å². The maximum atomic E-state index is 13.5. The number of nitrogens with zero attached hydrogens (tertiary/aromatic N) is 1. The van der Waals surface area contributed by atoms with Crippen LogP contribution in [0.4, 0.5) is 5.69 Å². The molecule has 0 radical (unpaired) electrons.